The molecule has 8 nitrogen and oxygen atoms in total. The maximum absolute atomic E-state index is 14.4. The van der Waals surface area contributed by atoms with E-state index in [1.165, 1.54) is 10.6 Å². The van der Waals surface area contributed by atoms with Gasteiger partial charge in [-0.15, -0.1) is 0 Å². The van der Waals surface area contributed by atoms with Crippen molar-refractivity contribution in [2.24, 2.45) is 0 Å². The summed E-state index contributed by atoms with van der Waals surface area (Å²) in [6.45, 7) is 8.84. The molecule has 2 aromatic heterocycles. The van der Waals surface area contributed by atoms with Crippen molar-refractivity contribution in [2.45, 2.75) is 66.3 Å². The molecule has 3 rings (SSSR count). The van der Waals surface area contributed by atoms with E-state index in [2.05, 4.69) is 15.3 Å². The SMILES string of the molecule is CCCCn1c(=O)[nH]c(=O)c2c1nc(CNc1ccc(OC(C)C)cc1F)n2CC. The molecule has 1 aromatic carbocycles. The Kier molecular flexibility index (Phi) is 6.59. The number of hydrogen-bond donors (Lipinski definition) is 2. The summed E-state index contributed by atoms with van der Waals surface area (Å²) in [5, 5.41) is 3.03. The molecular formula is C21H28FN5O3. The first-order chi connectivity index (χ1) is 14.3. The molecule has 0 aliphatic rings. The van der Waals surface area contributed by atoms with E-state index in [0.717, 1.165) is 12.8 Å². The Morgan fingerprint density at radius 2 is 2.00 bits per heavy atom. The van der Waals surface area contributed by atoms with Gasteiger partial charge >= 0.3 is 5.69 Å². The van der Waals surface area contributed by atoms with Crippen LogP contribution in [0.4, 0.5) is 10.1 Å². The molecule has 2 heterocycles. The molecule has 0 unspecified atom stereocenters. The lowest BCUT2D eigenvalue weighted by molar-refractivity contribution is 0.241. The molecule has 0 fully saturated rings. The second-order valence-electron chi connectivity index (χ2n) is 7.37. The number of aromatic nitrogens is 4. The highest BCUT2D eigenvalue weighted by Gasteiger charge is 2.18. The molecule has 0 radical (unpaired) electrons. The number of rotatable bonds is 9. The number of anilines is 1. The highest BCUT2D eigenvalue weighted by molar-refractivity contribution is 5.71. The number of fused-ring (bicyclic) bond motifs is 1. The second-order valence-corrected chi connectivity index (χ2v) is 7.37. The van der Waals surface area contributed by atoms with E-state index in [0.29, 0.717) is 41.5 Å². The zero-order valence-electron chi connectivity index (χ0n) is 17.8. The van der Waals surface area contributed by atoms with Crippen molar-refractivity contribution in [3.63, 3.8) is 0 Å². The molecule has 0 saturated carbocycles. The lowest BCUT2D eigenvalue weighted by Gasteiger charge is -2.12. The molecular weight excluding hydrogens is 389 g/mol. The summed E-state index contributed by atoms with van der Waals surface area (Å²) < 4.78 is 23.2. The summed E-state index contributed by atoms with van der Waals surface area (Å²) in [6.07, 6.45) is 1.66. The number of unbranched alkanes of at least 4 members (excludes halogenated alkanes) is 1. The molecule has 0 saturated heterocycles. The third kappa shape index (κ3) is 4.39. The zero-order chi connectivity index (χ0) is 21.8. The van der Waals surface area contributed by atoms with Crippen LogP contribution in [0.2, 0.25) is 0 Å². The molecule has 162 valence electrons. The first-order valence-electron chi connectivity index (χ1n) is 10.3. The van der Waals surface area contributed by atoms with Crippen LogP contribution in [0.3, 0.4) is 0 Å². The summed E-state index contributed by atoms with van der Waals surface area (Å²) in [5.41, 5.74) is 0.0824. The van der Waals surface area contributed by atoms with E-state index in [-0.39, 0.29) is 12.6 Å². The molecule has 0 amide bonds. The van der Waals surface area contributed by atoms with Gasteiger partial charge in [-0.05, 0) is 39.3 Å². The standard InChI is InChI=1S/C21H28FN5O3/c1-5-7-10-27-19-18(20(28)25-21(27)29)26(6-2)17(24-19)12-23-16-9-8-14(11-15(16)22)30-13(3)4/h8-9,11,13,23H,5-7,10,12H2,1-4H3,(H,25,28,29). The average Bonchev–Trinajstić information content (AvgIpc) is 3.05. The smallest absolute Gasteiger partial charge is 0.330 e. The van der Waals surface area contributed by atoms with Crippen molar-refractivity contribution in [1.82, 2.24) is 19.1 Å². The van der Waals surface area contributed by atoms with Gasteiger partial charge in [0.25, 0.3) is 5.56 Å². The third-order valence-corrected chi connectivity index (χ3v) is 4.77. The number of imidazole rings is 1. The summed E-state index contributed by atoms with van der Waals surface area (Å²) in [7, 11) is 0. The summed E-state index contributed by atoms with van der Waals surface area (Å²) in [5.74, 6) is 0.570. The number of hydrogen-bond acceptors (Lipinski definition) is 5. The highest BCUT2D eigenvalue weighted by atomic mass is 19.1. The first kappa shape index (κ1) is 21.6. The van der Waals surface area contributed by atoms with Gasteiger partial charge < -0.3 is 14.6 Å². The van der Waals surface area contributed by atoms with E-state index >= 15 is 0 Å². The second kappa shape index (κ2) is 9.15. The van der Waals surface area contributed by atoms with Crippen molar-refractivity contribution >= 4 is 16.9 Å². The number of nitrogens with zero attached hydrogens (tertiary/aromatic N) is 3. The topological polar surface area (TPSA) is 93.9 Å². The van der Waals surface area contributed by atoms with Gasteiger partial charge in [0.05, 0.1) is 18.3 Å². The lowest BCUT2D eigenvalue weighted by Crippen LogP contribution is -2.31. The Labute approximate surface area is 173 Å². The van der Waals surface area contributed by atoms with Gasteiger partial charge in [0.15, 0.2) is 11.2 Å². The van der Waals surface area contributed by atoms with Gasteiger partial charge in [0.2, 0.25) is 0 Å². The van der Waals surface area contributed by atoms with Gasteiger partial charge in [-0.25, -0.2) is 14.2 Å². The van der Waals surface area contributed by atoms with Gasteiger partial charge in [-0.3, -0.25) is 14.3 Å². The van der Waals surface area contributed by atoms with Crippen molar-refractivity contribution < 1.29 is 9.13 Å². The molecule has 0 aliphatic heterocycles. The Balaban J connectivity index is 1.94. The Hall–Kier alpha value is -3.10. The summed E-state index contributed by atoms with van der Waals surface area (Å²) in [4.78, 5) is 31.7. The minimum absolute atomic E-state index is 0.0453. The number of aromatic amines is 1. The molecule has 0 aliphatic carbocycles. The molecule has 0 atom stereocenters. The highest BCUT2D eigenvalue weighted by Crippen LogP contribution is 2.22. The van der Waals surface area contributed by atoms with Gasteiger partial charge in [0.1, 0.15) is 17.4 Å². The largest absolute Gasteiger partial charge is 0.491 e. The van der Waals surface area contributed by atoms with Crippen LogP contribution in [0.5, 0.6) is 5.75 Å². The van der Waals surface area contributed by atoms with Crippen molar-refractivity contribution in [3.8, 4) is 5.75 Å². The van der Waals surface area contributed by atoms with Crippen LogP contribution in [0.15, 0.2) is 27.8 Å². The number of nitrogens with one attached hydrogen (secondary N) is 2. The Morgan fingerprint density at radius 3 is 2.63 bits per heavy atom. The van der Waals surface area contributed by atoms with Crippen molar-refractivity contribution in [2.75, 3.05) is 5.32 Å². The average molecular weight is 417 g/mol. The van der Waals surface area contributed by atoms with E-state index in [1.54, 1.807) is 16.7 Å². The quantitative estimate of drug-likeness (QED) is 0.557. The molecule has 0 spiro atoms. The summed E-state index contributed by atoms with van der Waals surface area (Å²) >= 11 is 0. The third-order valence-electron chi connectivity index (χ3n) is 4.77. The fraction of sp³-hybridized carbons (Fsp3) is 0.476. The van der Waals surface area contributed by atoms with Crippen LogP contribution in [0, 0.1) is 5.82 Å². The molecule has 9 heteroatoms. The predicted octanol–water partition coefficient (Wildman–Crippen LogP) is 3.24. The predicted molar refractivity (Wildman–Crippen MR) is 115 cm³/mol. The number of aryl methyl sites for hydroxylation is 2. The molecule has 0 bridgehead atoms. The van der Waals surface area contributed by atoms with Crippen LogP contribution in [-0.2, 0) is 19.6 Å². The normalized spacial score (nSPS) is 11.4. The first-order valence-corrected chi connectivity index (χ1v) is 10.3. The zero-order valence-corrected chi connectivity index (χ0v) is 17.8. The maximum Gasteiger partial charge on any atom is 0.330 e. The molecule has 30 heavy (non-hydrogen) atoms. The monoisotopic (exact) mass is 417 g/mol. The number of ether oxygens (including phenoxy) is 1. The number of H-pyrrole nitrogens is 1. The van der Waals surface area contributed by atoms with Gasteiger partial charge in [-0.1, -0.05) is 13.3 Å². The lowest BCUT2D eigenvalue weighted by atomic mass is 10.2. The maximum atomic E-state index is 14.4. The van der Waals surface area contributed by atoms with Crippen LogP contribution in [0.1, 0.15) is 46.4 Å². The Bertz CT molecular complexity index is 1150. The Morgan fingerprint density at radius 1 is 1.23 bits per heavy atom. The molecule has 2 N–H and O–H groups in total. The minimum atomic E-state index is -0.468. The summed E-state index contributed by atoms with van der Waals surface area (Å²) in [6, 6.07) is 4.63. The van der Waals surface area contributed by atoms with Gasteiger partial charge in [0, 0.05) is 19.2 Å². The minimum Gasteiger partial charge on any atom is -0.491 e. The van der Waals surface area contributed by atoms with Gasteiger partial charge in [-0.2, -0.15) is 0 Å². The fourth-order valence-corrected chi connectivity index (χ4v) is 3.38. The van der Waals surface area contributed by atoms with Crippen molar-refractivity contribution in [1.29, 1.82) is 0 Å². The number of benzene rings is 1. The van der Waals surface area contributed by atoms with Crippen LogP contribution < -0.4 is 21.3 Å². The van der Waals surface area contributed by atoms with Crippen LogP contribution >= 0.6 is 0 Å². The molecule has 3 aromatic rings. The van der Waals surface area contributed by atoms with E-state index in [9.17, 15) is 14.0 Å². The van der Waals surface area contributed by atoms with E-state index in [4.69, 9.17) is 4.74 Å². The van der Waals surface area contributed by atoms with E-state index < -0.39 is 17.1 Å². The van der Waals surface area contributed by atoms with E-state index in [1.807, 2.05) is 27.7 Å². The fourth-order valence-electron chi connectivity index (χ4n) is 3.38. The van der Waals surface area contributed by atoms with Crippen molar-refractivity contribution in [3.05, 3.63) is 50.7 Å². The van der Waals surface area contributed by atoms with Crippen LogP contribution in [-0.4, -0.2) is 25.2 Å². The number of halogens is 1. The van der Waals surface area contributed by atoms with Crippen LogP contribution in [0.25, 0.3) is 11.2 Å².